The van der Waals surface area contributed by atoms with Crippen LogP contribution in [-0.2, 0) is 4.79 Å². The molecule has 25 heavy (non-hydrogen) atoms. The zero-order valence-electron chi connectivity index (χ0n) is 14.7. The van der Waals surface area contributed by atoms with Gasteiger partial charge in [-0.15, -0.1) is 11.6 Å². The molecule has 1 aromatic rings. The third-order valence-corrected chi connectivity index (χ3v) is 4.59. The van der Waals surface area contributed by atoms with Gasteiger partial charge in [-0.3, -0.25) is 9.59 Å². The Kier molecular flexibility index (Phi) is 7.37. The minimum Gasteiger partial charge on any atom is -0.496 e. The first-order valence-corrected chi connectivity index (χ1v) is 8.99. The second-order valence-electron chi connectivity index (χ2n) is 5.96. The molecule has 0 spiro atoms. The number of alkyl halides is 1. The highest BCUT2D eigenvalue weighted by Crippen LogP contribution is 2.30. The third-order valence-electron chi connectivity index (χ3n) is 4.33. The predicted molar refractivity (Wildman–Crippen MR) is 96.6 cm³/mol. The van der Waals surface area contributed by atoms with Crippen LogP contribution in [0.25, 0.3) is 0 Å². The summed E-state index contributed by atoms with van der Waals surface area (Å²) in [5, 5.41) is 3.01. The van der Waals surface area contributed by atoms with Crippen molar-refractivity contribution in [2.24, 2.45) is 0 Å². The van der Waals surface area contributed by atoms with E-state index < -0.39 is 0 Å². The lowest BCUT2D eigenvalue weighted by molar-refractivity contribution is -0.122. The van der Waals surface area contributed by atoms with Gasteiger partial charge in [-0.1, -0.05) is 6.07 Å². The number of likely N-dealkylation sites (tertiary alicyclic amines) is 1. The summed E-state index contributed by atoms with van der Waals surface area (Å²) in [7, 11) is 3.07. The van der Waals surface area contributed by atoms with Gasteiger partial charge in [0, 0.05) is 31.4 Å². The van der Waals surface area contributed by atoms with Crippen molar-refractivity contribution in [1.29, 1.82) is 0 Å². The van der Waals surface area contributed by atoms with E-state index >= 15 is 0 Å². The van der Waals surface area contributed by atoms with Gasteiger partial charge in [-0.25, -0.2) is 0 Å². The van der Waals surface area contributed by atoms with Gasteiger partial charge in [0.25, 0.3) is 5.91 Å². The number of piperidine rings is 1. The van der Waals surface area contributed by atoms with Crippen LogP contribution in [0.15, 0.2) is 18.2 Å². The summed E-state index contributed by atoms with van der Waals surface area (Å²) >= 11 is 5.61. The first-order chi connectivity index (χ1) is 12.1. The van der Waals surface area contributed by atoms with Crippen molar-refractivity contribution >= 4 is 23.4 Å². The maximum absolute atomic E-state index is 12.9. The van der Waals surface area contributed by atoms with Crippen molar-refractivity contribution in [2.45, 2.75) is 31.7 Å². The van der Waals surface area contributed by atoms with Gasteiger partial charge >= 0.3 is 0 Å². The molecule has 138 valence electrons. The van der Waals surface area contributed by atoms with Crippen molar-refractivity contribution in [3.8, 4) is 11.5 Å². The predicted octanol–water partition coefficient (Wildman–Crippen LogP) is 2.44. The number of amides is 2. The molecule has 1 aliphatic rings. The van der Waals surface area contributed by atoms with Gasteiger partial charge in [0.15, 0.2) is 0 Å². The Morgan fingerprint density at radius 2 is 1.80 bits per heavy atom. The van der Waals surface area contributed by atoms with Gasteiger partial charge in [-0.2, -0.15) is 0 Å². The smallest absolute Gasteiger partial charge is 0.261 e. The molecular weight excluding hydrogens is 344 g/mol. The summed E-state index contributed by atoms with van der Waals surface area (Å²) in [6.45, 7) is 1.17. The molecule has 1 saturated heterocycles. The largest absolute Gasteiger partial charge is 0.496 e. The highest BCUT2D eigenvalue weighted by molar-refractivity contribution is 6.17. The Morgan fingerprint density at radius 3 is 2.32 bits per heavy atom. The zero-order valence-corrected chi connectivity index (χ0v) is 15.5. The number of halogens is 1. The molecule has 2 rings (SSSR count). The van der Waals surface area contributed by atoms with E-state index in [9.17, 15) is 9.59 Å². The topological polar surface area (TPSA) is 67.9 Å². The summed E-state index contributed by atoms with van der Waals surface area (Å²) in [5.74, 6) is 1.40. The van der Waals surface area contributed by atoms with Crippen LogP contribution in [0.3, 0.4) is 0 Å². The number of carbonyl (C=O) groups is 2. The molecule has 2 amide bonds. The van der Waals surface area contributed by atoms with Crippen LogP contribution in [0.1, 0.15) is 36.0 Å². The minimum atomic E-state index is -0.110. The molecular formula is C18H25ClN2O4. The number of methoxy groups -OCH3 is 2. The summed E-state index contributed by atoms with van der Waals surface area (Å²) in [6.07, 6.45) is 2.59. The zero-order chi connectivity index (χ0) is 18.2. The summed E-state index contributed by atoms with van der Waals surface area (Å²) < 4.78 is 10.6. The van der Waals surface area contributed by atoms with Gasteiger partial charge in [0.2, 0.25) is 5.91 Å². The maximum Gasteiger partial charge on any atom is 0.261 e. The molecule has 6 nitrogen and oxygen atoms in total. The molecule has 0 bridgehead atoms. The summed E-state index contributed by atoms with van der Waals surface area (Å²) in [4.78, 5) is 26.5. The lowest BCUT2D eigenvalue weighted by Crippen LogP contribution is -2.46. The lowest BCUT2D eigenvalue weighted by Gasteiger charge is -2.33. The van der Waals surface area contributed by atoms with E-state index in [2.05, 4.69) is 5.32 Å². The molecule has 1 heterocycles. The molecule has 0 unspecified atom stereocenters. The number of nitrogens with one attached hydrogen (secondary N) is 1. The lowest BCUT2D eigenvalue weighted by atomic mass is 10.0. The molecule has 0 saturated carbocycles. The van der Waals surface area contributed by atoms with Crippen LogP contribution in [0, 0.1) is 0 Å². The number of benzene rings is 1. The molecule has 0 aliphatic carbocycles. The Labute approximate surface area is 153 Å². The van der Waals surface area contributed by atoms with Crippen LogP contribution in [0.2, 0.25) is 0 Å². The van der Waals surface area contributed by atoms with Crippen LogP contribution < -0.4 is 14.8 Å². The van der Waals surface area contributed by atoms with E-state index in [1.165, 1.54) is 14.2 Å². The Balaban J connectivity index is 1.97. The van der Waals surface area contributed by atoms with E-state index in [0.717, 1.165) is 12.8 Å². The molecule has 0 aromatic heterocycles. The normalized spacial score (nSPS) is 14.9. The number of hydrogen-bond donors (Lipinski definition) is 1. The molecule has 1 fully saturated rings. The SMILES string of the molecule is COc1cccc(OC)c1C(=O)N1CCC(NC(=O)CCCCl)CC1. The van der Waals surface area contributed by atoms with E-state index in [1.54, 1.807) is 23.1 Å². The van der Waals surface area contributed by atoms with Crippen molar-refractivity contribution in [1.82, 2.24) is 10.2 Å². The fraction of sp³-hybridized carbons (Fsp3) is 0.556. The van der Waals surface area contributed by atoms with Gasteiger partial charge in [-0.05, 0) is 31.4 Å². The second-order valence-corrected chi connectivity index (χ2v) is 6.34. The van der Waals surface area contributed by atoms with E-state index in [-0.39, 0.29) is 17.9 Å². The van der Waals surface area contributed by atoms with E-state index in [1.807, 2.05) is 0 Å². The molecule has 7 heteroatoms. The standard InChI is InChI=1S/C18H25ClN2O4/c1-24-14-5-3-6-15(25-2)17(14)18(23)21-11-8-13(9-12-21)20-16(22)7-4-10-19/h3,5-6,13H,4,7-12H2,1-2H3,(H,20,22). The molecule has 1 aliphatic heterocycles. The minimum absolute atomic E-state index is 0.0248. The number of carbonyl (C=O) groups excluding carboxylic acids is 2. The van der Waals surface area contributed by atoms with Crippen LogP contribution >= 0.6 is 11.6 Å². The quantitative estimate of drug-likeness (QED) is 0.750. The van der Waals surface area contributed by atoms with Crippen molar-refractivity contribution in [3.63, 3.8) is 0 Å². The fourth-order valence-corrected chi connectivity index (χ4v) is 3.11. The van der Waals surface area contributed by atoms with Crippen molar-refractivity contribution in [3.05, 3.63) is 23.8 Å². The fourth-order valence-electron chi connectivity index (χ4n) is 2.97. The average molecular weight is 369 g/mol. The first kappa shape index (κ1) is 19.4. The van der Waals surface area contributed by atoms with Gasteiger partial charge in [0.1, 0.15) is 17.1 Å². The van der Waals surface area contributed by atoms with Crippen LogP contribution in [0.4, 0.5) is 0 Å². The number of nitrogens with zero attached hydrogens (tertiary/aromatic N) is 1. The second kappa shape index (κ2) is 9.51. The Hall–Kier alpha value is -1.95. The van der Waals surface area contributed by atoms with E-state index in [0.29, 0.717) is 48.9 Å². The summed E-state index contributed by atoms with van der Waals surface area (Å²) in [6, 6.07) is 5.39. The van der Waals surface area contributed by atoms with Crippen molar-refractivity contribution in [2.75, 3.05) is 33.2 Å². The summed E-state index contributed by atoms with van der Waals surface area (Å²) in [5.41, 5.74) is 0.442. The number of ether oxygens (including phenoxy) is 2. The Morgan fingerprint density at radius 1 is 1.20 bits per heavy atom. The highest BCUT2D eigenvalue weighted by Gasteiger charge is 2.28. The van der Waals surface area contributed by atoms with Gasteiger partial charge < -0.3 is 19.7 Å². The number of hydrogen-bond acceptors (Lipinski definition) is 4. The monoisotopic (exact) mass is 368 g/mol. The van der Waals surface area contributed by atoms with E-state index in [4.69, 9.17) is 21.1 Å². The van der Waals surface area contributed by atoms with Crippen molar-refractivity contribution < 1.29 is 19.1 Å². The third kappa shape index (κ3) is 5.01. The van der Waals surface area contributed by atoms with Gasteiger partial charge in [0.05, 0.1) is 14.2 Å². The van der Waals surface area contributed by atoms with Crippen LogP contribution in [0.5, 0.6) is 11.5 Å². The molecule has 0 radical (unpaired) electrons. The molecule has 1 aromatic carbocycles. The molecule has 0 atom stereocenters. The first-order valence-electron chi connectivity index (χ1n) is 8.46. The number of rotatable bonds is 7. The maximum atomic E-state index is 12.9. The highest BCUT2D eigenvalue weighted by atomic mass is 35.5. The molecule has 1 N–H and O–H groups in total. The van der Waals surface area contributed by atoms with Crippen LogP contribution in [-0.4, -0.2) is 55.9 Å². The Bertz CT molecular complexity index is 578. The average Bonchev–Trinajstić information content (AvgIpc) is 2.65.